The molecule has 0 saturated carbocycles. The first-order chi connectivity index (χ1) is 9.80. The quantitative estimate of drug-likeness (QED) is 0.745. The number of furan rings is 1. The van der Waals surface area contributed by atoms with Gasteiger partial charge in [-0.2, -0.15) is 0 Å². The molecule has 0 aliphatic heterocycles. The van der Waals surface area contributed by atoms with Gasteiger partial charge >= 0.3 is 0 Å². The fourth-order valence-corrected chi connectivity index (χ4v) is 2.58. The van der Waals surface area contributed by atoms with E-state index in [2.05, 4.69) is 35.9 Å². The van der Waals surface area contributed by atoms with Gasteiger partial charge in [-0.05, 0) is 26.1 Å². The van der Waals surface area contributed by atoms with E-state index < -0.39 is 0 Å². The Bertz CT molecular complexity index is 559. The highest BCUT2D eigenvalue weighted by Crippen LogP contribution is 2.27. The Balaban J connectivity index is 2.34. The van der Waals surface area contributed by atoms with E-state index in [1.54, 1.807) is 0 Å². The summed E-state index contributed by atoms with van der Waals surface area (Å²) < 4.78 is 5.98. The highest BCUT2D eigenvalue weighted by atomic mass is 16.3. The minimum atomic E-state index is 0.762. The zero-order chi connectivity index (χ0) is 14.4. The summed E-state index contributed by atoms with van der Waals surface area (Å²) in [6, 6.07) is 8.27. The van der Waals surface area contributed by atoms with Gasteiger partial charge in [0.2, 0.25) is 0 Å². The molecule has 0 atom stereocenters. The minimum absolute atomic E-state index is 0.762. The van der Waals surface area contributed by atoms with Crippen molar-refractivity contribution in [2.45, 2.75) is 26.4 Å². The van der Waals surface area contributed by atoms with Crippen LogP contribution in [0.4, 0.5) is 0 Å². The predicted molar refractivity (Wildman–Crippen MR) is 84.7 cm³/mol. The first-order valence-electron chi connectivity index (χ1n) is 7.27. The Labute approximate surface area is 121 Å². The van der Waals surface area contributed by atoms with Gasteiger partial charge in [0.25, 0.3) is 0 Å². The van der Waals surface area contributed by atoms with Crippen LogP contribution < -0.4 is 5.32 Å². The van der Waals surface area contributed by atoms with Gasteiger partial charge in [-0.3, -0.25) is 4.90 Å². The standard InChI is InChI=1S/C17H24N2O/c1-4-10-19(11-5-2)13-15-14-8-6-7-9-16(14)20-17(15)12-18-3/h4,6-9,18H,1,5,10-13H2,2-3H3. The lowest BCUT2D eigenvalue weighted by Gasteiger charge is -2.20. The minimum Gasteiger partial charge on any atom is -0.459 e. The van der Waals surface area contributed by atoms with Gasteiger partial charge in [0.05, 0.1) is 6.54 Å². The molecular weight excluding hydrogens is 248 g/mol. The first kappa shape index (κ1) is 14.8. The second-order valence-corrected chi connectivity index (χ2v) is 5.05. The van der Waals surface area contributed by atoms with Crippen LogP contribution in [0.15, 0.2) is 41.3 Å². The average Bonchev–Trinajstić information content (AvgIpc) is 2.78. The third-order valence-corrected chi connectivity index (χ3v) is 3.43. The number of fused-ring (bicyclic) bond motifs is 1. The fourth-order valence-electron chi connectivity index (χ4n) is 2.58. The Kier molecular flexibility index (Phi) is 5.39. The molecule has 0 spiro atoms. The van der Waals surface area contributed by atoms with E-state index in [1.165, 1.54) is 10.9 Å². The van der Waals surface area contributed by atoms with Gasteiger partial charge in [-0.15, -0.1) is 6.58 Å². The fraction of sp³-hybridized carbons (Fsp3) is 0.412. The molecule has 3 nitrogen and oxygen atoms in total. The van der Waals surface area contributed by atoms with Crippen molar-refractivity contribution in [1.29, 1.82) is 0 Å². The molecule has 0 unspecified atom stereocenters. The van der Waals surface area contributed by atoms with Crippen molar-refractivity contribution >= 4 is 11.0 Å². The predicted octanol–water partition coefficient (Wildman–Crippen LogP) is 3.55. The molecule has 0 amide bonds. The van der Waals surface area contributed by atoms with Crippen molar-refractivity contribution in [3.63, 3.8) is 0 Å². The maximum atomic E-state index is 5.98. The number of rotatable bonds is 8. The molecular formula is C17H24N2O. The Morgan fingerprint density at radius 2 is 2.15 bits per heavy atom. The Morgan fingerprint density at radius 1 is 1.35 bits per heavy atom. The van der Waals surface area contributed by atoms with E-state index in [-0.39, 0.29) is 0 Å². The van der Waals surface area contributed by atoms with E-state index in [0.29, 0.717) is 0 Å². The van der Waals surface area contributed by atoms with Crippen LogP contribution in [0, 0.1) is 0 Å². The number of para-hydroxylation sites is 1. The van der Waals surface area contributed by atoms with Crippen LogP contribution in [-0.2, 0) is 13.1 Å². The molecule has 0 bridgehead atoms. The average molecular weight is 272 g/mol. The number of nitrogens with zero attached hydrogens (tertiary/aromatic N) is 1. The SMILES string of the molecule is C=CCN(CCC)Cc1c(CNC)oc2ccccc12. The van der Waals surface area contributed by atoms with Crippen molar-refractivity contribution in [2.24, 2.45) is 0 Å². The number of hydrogen-bond donors (Lipinski definition) is 1. The molecule has 0 saturated heterocycles. The lowest BCUT2D eigenvalue weighted by molar-refractivity contribution is 0.293. The maximum Gasteiger partial charge on any atom is 0.134 e. The van der Waals surface area contributed by atoms with Crippen LogP contribution in [0.5, 0.6) is 0 Å². The molecule has 0 radical (unpaired) electrons. The Hall–Kier alpha value is -1.58. The van der Waals surface area contributed by atoms with Gasteiger partial charge in [0.1, 0.15) is 11.3 Å². The lowest BCUT2D eigenvalue weighted by Crippen LogP contribution is -2.24. The van der Waals surface area contributed by atoms with E-state index in [0.717, 1.165) is 43.9 Å². The summed E-state index contributed by atoms with van der Waals surface area (Å²) in [7, 11) is 1.95. The van der Waals surface area contributed by atoms with E-state index in [1.807, 2.05) is 25.3 Å². The highest BCUT2D eigenvalue weighted by Gasteiger charge is 2.15. The summed E-state index contributed by atoms with van der Waals surface area (Å²) in [6.45, 7) is 9.72. The molecule has 1 heterocycles. The van der Waals surface area contributed by atoms with E-state index >= 15 is 0 Å². The van der Waals surface area contributed by atoms with Crippen LogP contribution in [0.3, 0.4) is 0 Å². The molecule has 20 heavy (non-hydrogen) atoms. The molecule has 2 aromatic rings. The zero-order valence-electron chi connectivity index (χ0n) is 12.5. The van der Waals surface area contributed by atoms with Crippen molar-refractivity contribution < 1.29 is 4.42 Å². The third-order valence-electron chi connectivity index (χ3n) is 3.43. The molecule has 0 aliphatic rings. The monoisotopic (exact) mass is 272 g/mol. The molecule has 0 fully saturated rings. The van der Waals surface area contributed by atoms with Crippen molar-refractivity contribution in [3.8, 4) is 0 Å². The van der Waals surface area contributed by atoms with E-state index in [4.69, 9.17) is 4.42 Å². The second kappa shape index (κ2) is 7.27. The summed E-state index contributed by atoms with van der Waals surface area (Å²) >= 11 is 0. The van der Waals surface area contributed by atoms with Gasteiger partial charge in [-0.25, -0.2) is 0 Å². The summed E-state index contributed by atoms with van der Waals surface area (Å²) in [5, 5.41) is 4.42. The molecule has 1 aromatic heterocycles. The molecule has 3 heteroatoms. The zero-order valence-corrected chi connectivity index (χ0v) is 12.5. The molecule has 2 rings (SSSR count). The van der Waals surface area contributed by atoms with Crippen LogP contribution in [0.25, 0.3) is 11.0 Å². The van der Waals surface area contributed by atoms with Crippen LogP contribution >= 0.6 is 0 Å². The van der Waals surface area contributed by atoms with Crippen LogP contribution in [-0.4, -0.2) is 25.0 Å². The topological polar surface area (TPSA) is 28.4 Å². The number of benzene rings is 1. The first-order valence-corrected chi connectivity index (χ1v) is 7.27. The summed E-state index contributed by atoms with van der Waals surface area (Å²) in [5.41, 5.74) is 2.27. The molecule has 1 aromatic carbocycles. The van der Waals surface area contributed by atoms with Gasteiger partial charge in [0.15, 0.2) is 0 Å². The van der Waals surface area contributed by atoms with Gasteiger partial charge in [0, 0.05) is 24.0 Å². The third kappa shape index (κ3) is 3.30. The van der Waals surface area contributed by atoms with E-state index in [9.17, 15) is 0 Å². The number of nitrogens with one attached hydrogen (secondary N) is 1. The van der Waals surface area contributed by atoms with Crippen LogP contribution in [0.2, 0.25) is 0 Å². The smallest absolute Gasteiger partial charge is 0.134 e. The summed E-state index contributed by atoms with van der Waals surface area (Å²) in [6.07, 6.45) is 3.11. The van der Waals surface area contributed by atoms with Crippen molar-refractivity contribution in [2.75, 3.05) is 20.1 Å². The van der Waals surface area contributed by atoms with Crippen molar-refractivity contribution in [1.82, 2.24) is 10.2 Å². The second-order valence-electron chi connectivity index (χ2n) is 5.05. The molecule has 108 valence electrons. The van der Waals surface area contributed by atoms with Gasteiger partial charge < -0.3 is 9.73 Å². The van der Waals surface area contributed by atoms with Gasteiger partial charge in [-0.1, -0.05) is 31.2 Å². The maximum absolute atomic E-state index is 5.98. The normalized spacial score (nSPS) is 11.3. The van der Waals surface area contributed by atoms with Crippen LogP contribution in [0.1, 0.15) is 24.7 Å². The lowest BCUT2D eigenvalue weighted by atomic mass is 10.1. The molecule has 1 N–H and O–H groups in total. The largest absolute Gasteiger partial charge is 0.459 e. The Morgan fingerprint density at radius 3 is 2.85 bits per heavy atom. The summed E-state index contributed by atoms with van der Waals surface area (Å²) in [4.78, 5) is 2.41. The number of hydrogen-bond acceptors (Lipinski definition) is 3. The highest BCUT2D eigenvalue weighted by molar-refractivity contribution is 5.82. The molecule has 0 aliphatic carbocycles. The summed E-state index contributed by atoms with van der Waals surface area (Å²) in [5.74, 6) is 1.04. The van der Waals surface area contributed by atoms with Crippen molar-refractivity contribution in [3.05, 3.63) is 48.2 Å².